The average Bonchev–Trinajstić information content (AvgIpc) is 3.39. The molecule has 0 radical (unpaired) electrons. The number of nitrogens with one attached hydrogen (secondary N) is 1. The van der Waals surface area contributed by atoms with Crippen LogP contribution in [0.5, 0.6) is 0 Å². The van der Waals surface area contributed by atoms with Gasteiger partial charge >= 0.3 is 0 Å². The van der Waals surface area contributed by atoms with Crippen LogP contribution in [0.25, 0.3) is 16.8 Å². The van der Waals surface area contributed by atoms with E-state index in [2.05, 4.69) is 20.3 Å². The van der Waals surface area contributed by atoms with E-state index in [4.69, 9.17) is 4.74 Å². The first-order chi connectivity index (χ1) is 17.5. The average molecular weight is 507 g/mol. The maximum absolute atomic E-state index is 15.0. The lowest BCUT2D eigenvalue weighted by Gasteiger charge is -2.56. The van der Waals surface area contributed by atoms with Gasteiger partial charge in [0.15, 0.2) is 5.65 Å². The van der Waals surface area contributed by atoms with Crippen LogP contribution in [0, 0.1) is 24.1 Å². The smallest absolute Gasteiger partial charge is 0.262 e. The fourth-order valence-corrected chi connectivity index (χ4v) is 5.12. The molecule has 1 spiro atoms. The van der Waals surface area contributed by atoms with E-state index >= 15 is 0 Å². The summed E-state index contributed by atoms with van der Waals surface area (Å²) in [6, 6.07) is 5.02. The van der Waals surface area contributed by atoms with Crippen LogP contribution < -0.4 is 10.2 Å². The van der Waals surface area contributed by atoms with Gasteiger partial charge in [-0.15, -0.1) is 0 Å². The number of pyridine rings is 1. The molecule has 0 atom stereocenters. The van der Waals surface area contributed by atoms with Crippen LogP contribution in [0.1, 0.15) is 36.7 Å². The minimum Gasteiger partial charge on any atom is -0.380 e. The number of anilines is 2. The maximum Gasteiger partial charge on any atom is 0.262 e. The Morgan fingerprint density at radius 1 is 1.16 bits per heavy atom. The minimum atomic E-state index is -0.767. The number of imidazole rings is 1. The van der Waals surface area contributed by atoms with Crippen molar-refractivity contribution in [3.8, 4) is 11.1 Å². The fourth-order valence-electron chi connectivity index (χ4n) is 5.12. The van der Waals surface area contributed by atoms with Crippen molar-refractivity contribution in [1.29, 1.82) is 0 Å². The summed E-state index contributed by atoms with van der Waals surface area (Å²) in [6.07, 6.45) is 6.73. The van der Waals surface area contributed by atoms with Crippen LogP contribution >= 0.6 is 0 Å². The third kappa shape index (κ3) is 3.87. The molecule has 2 aliphatic heterocycles. The van der Waals surface area contributed by atoms with Crippen molar-refractivity contribution in [3.05, 3.63) is 65.9 Å². The molecule has 3 aromatic heterocycles. The van der Waals surface area contributed by atoms with Gasteiger partial charge in [0.25, 0.3) is 5.91 Å². The summed E-state index contributed by atoms with van der Waals surface area (Å²) in [5.74, 6) is -2.13. The Bertz CT molecular complexity index is 1540. The molecular formula is C27H28F2N6O2. The van der Waals surface area contributed by atoms with Gasteiger partial charge < -0.3 is 19.4 Å². The topological polar surface area (TPSA) is 76.7 Å². The van der Waals surface area contributed by atoms with Gasteiger partial charge in [-0.2, -0.15) is 9.49 Å². The molecule has 2 saturated heterocycles. The predicted molar refractivity (Wildman–Crippen MR) is 136 cm³/mol. The Labute approximate surface area is 212 Å². The normalized spacial score (nSPS) is 16.6. The van der Waals surface area contributed by atoms with E-state index in [1.165, 1.54) is 6.07 Å². The Morgan fingerprint density at radius 2 is 1.92 bits per heavy atom. The van der Waals surface area contributed by atoms with Crippen molar-refractivity contribution < 1.29 is 18.3 Å². The minimum absolute atomic E-state index is 0.0321. The molecule has 0 aliphatic carbocycles. The molecule has 0 bridgehead atoms. The molecule has 1 N–H and O–H groups in total. The number of hydrogen-bond acceptors (Lipinski definition) is 5. The lowest BCUT2D eigenvalue weighted by atomic mass is 9.77. The molecule has 10 heteroatoms. The first-order valence-corrected chi connectivity index (χ1v) is 12.2. The van der Waals surface area contributed by atoms with Crippen LogP contribution in [-0.4, -0.2) is 51.4 Å². The summed E-state index contributed by atoms with van der Waals surface area (Å²) < 4.78 is 38.3. The molecule has 37 heavy (non-hydrogen) atoms. The highest BCUT2D eigenvalue weighted by Crippen LogP contribution is 2.42. The van der Waals surface area contributed by atoms with Gasteiger partial charge in [0.2, 0.25) is 5.95 Å². The fraction of sp³-hybridized carbons (Fsp3) is 0.370. The standard InChI is InChI=1S/C27H28F2N6O2/c1-16-7-20(28)21(32-25(36)19-10-31-35(23(19)29)26(2,3)4)9-18(16)17-8-22(24-30-5-6-33(24)11-17)34-12-27(13-34)14-37-15-27/h5-11H,12-15H2,1-4H3,(H,32,36). The monoisotopic (exact) mass is 506 g/mol. The number of nitrogens with zero attached hydrogens (tertiary/aromatic N) is 5. The Hall–Kier alpha value is -3.79. The first-order valence-electron chi connectivity index (χ1n) is 12.2. The quantitative estimate of drug-likeness (QED) is 0.437. The highest BCUT2D eigenvalue weighted by atomic mass is 19.1. The summed E-state index contributed by atoms with van der Waals surface area (Å²) in [6.45, 7) is 10.5. The number of halogens is 2. The van der Waals surface area contributed by atoms with Gasteiger partial charge in [-0.1, -0.05) is 0 Å². The highest BCUT2D eigenvalue weighted by Gasteiger charge is 2.49. The number of aromatic nitrogens is 4. The van der Waals surface area contributed by atoms with Crippen LogP contribution in [0.15, 0.2) is 43.0 Å². The molecule has 1 amide bonds. The second kappa shape index (κ2) is 8.11. The third-order valence-electron chi connectivity index (χ3n) is 7.14. The number of rotatable bonds is 4. The molecule has 2 fully saturated rings. The predicted octanol–water partition coefficient (Wildman–Crippen LogP) is 4.63. The molecule has 4 aromatic rings. The van der Waals surface area contributed by atoms with Gasteiger partial charge in [-0.3, -0.25) is 4.79 Å². The zero-order valence-corrected chi connectivity index (χ0v) is 21.2. The molecule has 0 unspecified atom stereocenters. The summed E-state index contributed by atoms with van der Waals surface area (Å²) in [5, 5.41) is 6.54. The number of benzene rings is 1. The number of amides is 1. The van der Waals surface area contributed by atoms with Gasteiger partial charge in [-0.25, -0.2) is 14.1 Å². The van der Waals surface area contributed by atoms with Gasteiger partial charge in [-0.05, 0) is 57.0 Å². The number of aryl methyl sites for hydroxylation is 1. The molecule has 0 saturated carbocycles. The van der Waals surface area contributed by atoms with E-state index in [1.54, 1.807) is 33.0 Å². The third-order valence-corrected chi connectivity index (χ3v) is 7.14. The lowest BCUT2D eigenvalue weighted by molar-refractivity contribution is -0.126. The van der Waals surface area contributed by atoms with Gasteiger partial charge in [0.05, 0.1) is 41.7 Å². The highest BCUT2D eigenvalue weighted by molar-refractivity contribution is 6.04. The molecule has 1 aromatic carbocycles. The zero-order valence-electron chi connectivity index (χ0n) is 21.2. The van der Waals surface area contributed by atoms with Crippen LogP contribution in [0.4, 0.5) is 20.2 Å². The van der Waals surface area contributed by atoms with E-state index in [1.807, 2.05) is 29.8 Å². The van der Waals surface area contributed by atoms with Crippen molar-refractivity contribution in [2.24, 2.45) is 5.41 Å². The van der Waals surface area contributed by atoms with Crippen molar-refractivity contribution in [2.75, 3.05) is 36.5 Å². The molecule has 192 valence electrons. The van der Waals surface area contributed by atoms with Gasteiger partial charge in [0, 0.05) is 37.2 Å². The van der Waals surface area contributed by atoms with Crippen molar-refractivity contribution in [3.63, 3.8) is 0 Å². The Morgan fingerprint density at radius 3 is 2.57 bits per heavy atom. The molecule has 8 nitrogen and oxygen atoms in total. The van der Waals surface area contributed by atoms with E-state index in [0.717, 1.165) is 59.6 Å². The summed E-state index contributed by atoms with van der Waals surface area (Å²) >= 11 is 0. The number of carbonyl (C=O) groups is 1. The van der Waals surface area contributed by atoms with E-state index in [9.17, 15) is 13.6 Å². The lowest BCUT2D eigenvalue weighted by Crippen LogP contribution is -2.66. The molecule has 5 heterocycles. The van der Waals surface area contributed by atoms with Crippen molar-refractivity contribution in [1.82, 2.24) is 19.2 Å². The first kappa shape index (κ1) is 23.6. The zero-order chi connectivity index (χ0) is 26.1. The second-order valence-electron chi connectivity index (χ2n) is 11.2. The number of hydrogen-bond donors (Lipinski definition) is 1. The van der Waals surface area contributed by atoms with Crippen LogP contribution in [-0.2, 0) is 10.3 Å². The van der Waals surface area contributed by atoms with Crippen LogP contribution in [0.2, 0.25) is 0 Å². The molecule has 2 aliphatic rings. The number of ether oxygens (including phenoxy) is 1. The second-order valence-corrected chi connectivity index (χ2v) is 11.2. The van der Waals surface area contributed by atoms with E-state index in [-0.39, 0.29) is 16.7 Å². The Kier molecular flexibility index (Phi) is 5.17. The maximum atomic E-state index is 15.0. The van der Waals surface area contributed by atoms with Crippen molar-refractivity contribution >= 4 is 22.9 Å². The SMILES string of the molecule is Cc1cc(F)c(NC(=O)c2cnn(C(C)(C)C)c2F)cc1-c1cc(N2CC3(COC3)C2)c2nccn2c1. The summed E-state index contributed by atoms with van der Waals surface area (Å²) in [7, 11) is 0. The molecule has 6 rings (SSSR count). The van der Waals surface area contributed by atoms with Crippen molar-refractivity contribution in [2.45, 2.75) is 33.2 Å². The van der Waals surface area contributed by atoms with Crippen LogP contribution in [0.3, 0.4) is 0 Å². The van der Waals surface area contributed by atoms with Gasteiger partial charge in [0.1, 0.15) is 11.4 Å². The van der Waals surface area contributed by atoms with E-state index in [0.29, 0.717) is 5.56 Å². The number of carbonyl (C=O) groups excluding carboxylic acids is 1. The Balaban J connectivity index is 1.34. The largest absolute Gasteiger partial charge is 0.380 e. The van der Waals surface area contributed by atoms with E-state index < -0.39 is 23.2 Å². The summed E-state index contributed by atoms with van der Waals surface area (Å²) in [5.41, 5.74) is 3.47. The summed E-state index contributed by atoms with van der Waals surface area (Å²) in [4.78, 5) is 19.7. The number of fused-ring (bicyclic) bond motifs is 1. The molecular weight excluding hydrogens is 478 g/mol.